The van der Waals surface area contributed by atoms with Gasteiger partial charge in [-0.25, -0.2) is 0 Å². The molecule has 4 rings (SSSR count). The predicted octanol–water partition coefficient (Wildman–Crippen LogP) is -2.95. The van der Waals surface area contributed by atoms with Gasteiger partial charge in [-0.05, 0) is 0 Å². The van der Waals surface area contributed by atoms with E-state index in [0.29, 0.717) is 15.9 Å². The Morgan fingerprint density at radius 2 is 1.91 bits per heavy atom. The van der Waals surface area contributed by atoms with Gasteiger partial charge in [0, 0.05) is 0 Å². The second-order valence-corrected chi connectivity index (χ2v) is 14.0. The van der Waals surface area contributed by atoms with Gasteiger partial charge < -0.3 is 0 Å². The Morgan fingerprint density at radius 3 is 2.78 bits per heavy atom. The van der Waals surface area contributed by atoms with Crippen molar-refractivity contribution in [3.05, 3.63) is 22.9 Å². The van der Waals surface area contributed by atoms with Crippen LogP contribution in [-0.4, -0.2) is 35.5 Å². The first-order chi connectivity index (χ1) is 11.1. The number of halogens is 2. The van der Waals surface area contributed by atoms with Crippen molar-refractivity contribution in [1.29, 1.82) is 0 Å². The van der Waals surface area contributed by atoms with Gasteiger partial charge in [0.15, 0.2) is 0 Å². The molecule has 5 atom stereocenters. The summed E-state index contributed by atoms with van der Waals surface area (Å²) >= 11 is 0.322. The summed E-state index contributed by atoms with van der Waals surface area (Å²) in [5.41, 5.74) is 1.63. The zero-order chi connectivity index (χ0) is 16.0. The normalized spacial score (nSPS) is 41.3. The average molecular weight is 544 g/mol. The molecule has 0 saturated carbocycles. The number of rotatable bonds is 1. The van der Waals surface area contributed by atoms with Crippen molar-refractivity contribution in [1.82, 2.24) is 0 Å². The molecule has 0 spiro atoms. The van der Waals surface area contributed by atoms with E-state index in [0.717, 1.165) is 10.5 Å². The Hall–Kier alpha value is 0.340. The Bertz CT molecular complexity index is 542. The van der Waals surface area contributed by atoms with Crippen LogP contribution in [0, 0.1) is 5.92 Å². The molecule has 0 radical (unpaired) electrons. The molecule has 132 valence electrons. The first-order valence-corrected chi connectivity index (χ1v) is 14.2. The minimum atomic E-state index is 0.115. The fourth-order valence-corrected chi connectivity index (χ4v) is 11.9. The zero-order valence-corrected chi connectivity index (χ0v) is 18.4. The molecule has 0 saturated heterocycles. The first-order valence-electron chi connectivity index (χ1n) is 8.68. The molecule has 0 fully saturated rings. The van der Waals surface area contributed by atoms with Crippen molar-refractivity contribution in [2.24, 2.45) is 5.92 Å². The molecule has 0 aromatic rings. The van der Waals surface area contributed by atoms with Gasteiger partial charge >= 0.3 is 161 Å². The fourth-order valence-electron chi connectivity index (χ4n) is 3.84. The molecular formula is C18H26I2O3-2. The van der Waals surface area contributed by atoms with Crippen molar-refractivity contribution in [2.75, 3.05) is 15.5 Å². The van der Waals surface area contributed by atoms with E-state index < -0.39 is 0 Å². The van der Waals surface area contributed by atoms with Crippen LogP contribution in [0.2, 0.25) is 0 Å². The molecule has 4 heterocycles. The zero-order valence-electron chi connectivity index (χ0n) is 14.1. The van der Waals surface area contributed by atoms with E-state index in [-0.39, 0.29) is 48.5 Å². The maximum absolute atomic E-state index is 6.41. The van der Waals surface area contributed by atoms with Crippen LogP contribution in [0.3, 0.4) is 0 Å². The third-order valence-electron chi connectivity index (χ3n) is 4.93. The monoisotopic (exact) mass is 544 g/mol. The molecule has 0 N–H and O–H groups in total. The fraction of sp³-hybridized carbons (Fsp3) is 0.778. The number of ether oxygens (including phenoxy) is 3. The van der Waals surface area contributed by atoms with E-state index in [1.807, 2.05) is 0 Å². The Labute approximate surface area is 160 Å². The molecule has 5 heteroatoms. The Morgan fingerprint density at radius 1 is 1.04 bits per heavy atom. The van der Waals surface area contributed by atoms with Crippen LogP contribution >= 0.6 is 0 Å². The van der Waals surface area contributed by atoms with Gasteiger partial charge in [-0.2, -0.15) is 0 Å². The summed E-state index contributed by atoms with van der Waals surface area (Å²) in [6.45, 7) is 7.53. The second kappa shape index (κ2) is 6.92. The van der Waals surface area contributed by atoms with E-state index in [4.69, 9.17) is 14.2 Å². The van der Waals surface area contributed by atoms with Crippen LogP contribution in [0.5, 0.6) is 0 Å². The molecule has 4 aliphatic rings. The molecule has 3 nitrogen and oxygen atoms in total. The Balaban J connectivity index is 1.66. The van der Waals surface area contributed by atoms with E-state index in [1.165, 1.54) is 45.4 Å². The summed E-state index contributed by atoms with van der Waals surface area (Å²) in [5, 5.41) is 0. The molecule has 23 heavy (non-hydrogen) atoms. The van der Waals surface area contributed by atoms with Crippen LogP contribution in [0.15, 0.2) is 22.9 Å². The van der Waals surface area contributed by atoms with Crippen LogP contribution in [0.25, 0.3) is 0 Å². The van der Waals surface area contributed by atoms with Crippen LogP contribution in [-0.2, 0) is 14.2 Å². The second-order valence-electron chi connectivity index (χ2n) is 7.06. The molecule has 0 amide bonds. The summed E-state index contributed by atoms with van der Waals surface area (Å²) in [6, 6.07) is 0. The third-order valence-corrected chi connectivity index (χ3v) is 11.6. The number of hydrogen-bond donors (Lipinski definition) is 0. The summed E-state index contributed by atoms with van der Waals surface area (Å²) < 4.78 is 22.8. The number of allylic oxidation sites excluding steroid dienone is 4. The molecule has 0 aliphatic carbocycles. The third kappa shape index (κ3) is 3.37. The van der Waals surface area contributed by atoms with Crippen molar-refractivity contribution < 1.29 is 56.6 Å². The molecule has 3 unspecified atom stereocenters. The van der Waals surface area contributed by atoms with Gasteiger partial charge in [0.05, 0.1) is 0 Å². The van der Waals surface area contributed by atoms with Crippen molar-refractivity contribution in [3.63, 3.8) is 0 Å². The summed E-state index contributed by atoms with van der Waals surface area (Å²) in [5.74, 6) is 4.35. The van der Waals surface area contributed by atoms with Gasteiger partial charge in [0.25, 0.3) is 0 Å². The van der Waals surface area contributed by atoms with Crippen LogP contribution < -0.4 is 42.4 Å². The van der Waals surface area contributed by atoms with Crippen molar-refractivity contribution >= 4 is 0 Å². The van der Waals surface area contributed by atoms with Crippen molar-refractivity contribution in [3.8, 4) is 0 Å². The summed E-state index contributed by atoms with van der Waals surface area (Å²) in [4.78, 5) is 0. The molecular weight excluding hydrogens is 518 g/mol. The summed E-state index contributed by atoms with van der Waals surface area (Å²) in [7, 11) is 0. The Kier molecular flexibility index (Phi) is 5.05. The molecule has 4 aliphatic heterocycles. The van der Waals surface area contributed by atoms with Gasteiger partial charge in [-0.15, -0.1) is 0 Å². The van der Waals surface area contributed by atoms with Gasteiger partial charge in [-0.1, -0.05) is 0 Å². The standard InChI is InChI=1S/C18H26I2O3/c1-10-6-13-5-4-11(2)23-17(13)16(20-10)14-7-19-8-15-18(14)21-9-12(3)22-15/h10-12,14,16H,4-9H2,1-3H3/q-2/t10-,11?,12?,14-,16?/m0/s1. The SMILES string of the molecule is CC1COC2=C(C[I-]C[C@H]2C2[I-][C@@H](C)CC3=C2OC(C)CC3)O1. The van der Waals surface area contributed by atoms with Crippen molar-refractivity contribution in [2.45, 2.75) is 60.1 Å². The van der Waals surface area contributed by atoms with Gasteiger partial charge in [0.2, 0.25) is 0 Å². The van der Waals surface area contributed by atoms with E-state index in [1.54, 1.807) is 5.57 Å². The minimum absolute atomic E-state index is 0.115. The van der Waals surface area contributed by atoms with E-state index in [2.05, 4.69) is 20.8 Å². The first kappa shape index (κ1) is 16.8. The average Bonchev–Trinajstić information content (AvgIpc) is 2.53. The van der Waals surface area contributed by atoms with Crippen LogP contribution in [0.4, 0.5) is 0 Å². The molecule has 0 bridgehead atoms. The number of alkyl halides is 4. The summed E-state index contributed by atoms with van der Waals surface area (Å²) in [6.07, 6.45) is 4.34. The van der Waals surface area contributed by atoms with E-state index in [9.17, 15) is 0 Å². The topological polar surface area (TPSA) is 27.7 Å². The van der Waals surface area contributed by atoms with Gasteiger partial charge in [0.1, 0.15) is 0 Å². The van der Waals surface area contributed by atoms with Gasteiger partial charge in [-0.3, -0.25) is 0 Å². The van der Waals surface area contributed by atoms with Crippen LogP contribution in [0.1, 0.15) is 40.0 Å². The molecule has 0 aromatic heterocycles. The number of hydrogen-bond acceptors (Lipinski definition) is 3. The predicted molar refractivity (Wildman–Crippen MR) is 81.4 cm³/mol. The quantitative estimate of drug-likeness (QED) is 0.262. The maximum atomic E-state index is 6.41. The van der Waals surface area contributed by atoms with E-state index >= 15 is 0 Å². The molecule has 0 aromatic carbocycles.